The lowest BCUT2D eigenvalue weighted by Gasteiger charge is -2.33. The molecule has 3 aliphatic carbocycles. The van der Waals surface area contributed by atoms with Crippen LogP contribution in [0.25, 0.3) is 44.5 Å². The van der Waals surface area contributed by atoms with Gasteiger partial charge in [0.1, 0.15) is 0 Å². The van der Waals surface area contributed by atoms with Crippen molar-refractivity contribution in [3.63, 3.8) is 0 Å². The van der Waals surface area contributed by atoms with Crippen LogP contribution in [0.15, 0.2) is 176 Å². The Morgan fingerprint density at radius 1 is 0.345 bits per heavy atom. The third-order valence-electron chi connectivity index (χ3n) is 13.0. The molecule has 262 valence electrons. The Morgan fingerprint density at radius 2 is 0.745 bits per heavy atom. The third-order valence-corrected chi connectivity index (χ3v) is 13.0. The molecule has 1 nitrogen and oxygen atoms in total. The number of para-hydroxylation sites is 1. The maximum atomic E-state index is 2.53. The van der Waals surface area contributed by atoms with Crippen molar-refractivity contribution in [1.82, 2.24) is 0 Å². The Bertz CT molecular complexity index is 2800. The molecular formula is C54H41N. The van der Waals surface area contributed by atoms with Gasteiger partial charge in [-0.05, 0) is 128 Å². The van der Waals surface area contributed by atoms with E-state index in [0.29, 0.717) is 0 Å². The number of aryl methyl sites for hydroxylation is 2. The van der Waals surface area contributed by atoms with Gasteiger partial charge in [0.15, 0.2) is 0 Å². The van der Waals surface area contributed by atoms with Crippen LogP contribution in [-0.4, -0.2) is 0 Å². The van der Waals surface area contributed by atoms with Gasteiger partial charge >= 0.3 is 0 Å². The Kier molecular flexibility index (Phi) is 6.72. The van der Waals surface area contributed by atoms with E-state index in [4.69, 9.17) is 0 Å². The summed E-state index contributed by atoms with van der Waals surface area (Å²) in [6.07, 6.45) is 0. The van der Waals surface area contributed by atoms with Crippen LogP contribution in [-0.2, 0) is 10.8 Å². The highest BCUT2D eigenvalue weighted by atomic mass is 15.1. The van der Waals surface area contributed by atoms with Crippen molar-refractivity contribution < 1.29 is 0 Å². The summed E-state index contributed by atoms with van der Waals surface area (Å²) in [5, 5.41) is 0. The first-order chi connectivity index (χ1) is 26.9. The largest absolute Gasteiger partial charge is 0.310 e. The average molecular weight is 704 g/mol. The normalized spacial score (nSPS) is 14.5. The fraction of sp³-hybridized carbons (Fsp3) is 0.111. The Balaban J connectivity index is 1.21. The van der Waals surface area contributed by atoms with Crippen molar-refractivity contribution in [2.24, 2.45) is 0 Å². The van der Waals surface area contributed by atoms with Gasteiger partial charge < -0.3 is 4.90 Å². The fourth-order valence-electron chi connectivity index (χ4n) is 10.6. The van der Waals surface area contributed by atoms with Crippen molar-refractivity contribution >= 4 is 17.1 Å². The highest BCUT2D eigenvalue weighted by Crippen LogP contribution is 2.63. The Hall–Kier alpha value is -6.44. The van der Waals surface area contributed by atoms with Gasteiger partial charge in [0.25, 0.3) is 0 Å². The monoisotopic (exact) mass is 703 g/mol. The minimum absolute atomic E-state index is 0.124. The van der Waals surface area contributed by atoms with E-state index in [1.807, 2.05) is 0 Å². The molecule has 0 aliphatic heterocycles. The smallest absolute Gasteiger partial charge is 0.0726 e. The van der Waals surface area contributed by atoms with Gasteiger partial charge in [0.05, 0.1) is 11.1 Å². The van der Waals surface area contributed by atoms with Crippen molar-refractivity contribution in [1.29, 1.82) is 0 Å². The minimum Gasteiger partial charge on any atom is -0.310 e. The van der Waals surface area contributed by atoms with Gasteiger partial charge in [-0.15, -0.1) is 0 Å². The molecule has 8 aromatic carbocycles. The molecule has 8 aromatic rings. The van der Waals surface area contributed by atoms with Gasteiger partial charge in [-0.25, -0.2) is 0 Å². The summed E-state index contributed by atoms with van der Waals surface area (Å²) >= 11 is 0. The van der Waals surface area contributed by atoms with Gasteiger partial charge in [0, 0.05) is 22.4 Å². The van der Waals surface area contributed by atoms with Crippen molar-refractivity contribution in [3.05, 3.63) is 220 Å². The predicted octanol–water partition coefficient (Wildman–Crippen LogP) is 14.1. The number of nitrogens with zero attached hydrogens (tertiary/aromatic N) is 1. The summed E-state index contributed by atoms with van der Waals surface area (Å²) in [7, 11) is 0. The van der Waals surface area contributed by atoms with Crippen LogP contribution in [0.4, 0.5) is 17.1 Å². The molecule has 0 unspecified atom stereocenters. The van der Waals surface area contributed by atoms with E-state index in [1.165, 1.54) is 94.7 Å². The molecular weight excluding hydrogens is 663 g/mol. The number of benzene rings is 8. The van der Waals surface area contributed by atoms with E-state index in [1.54, 1.807) is 0 Å². The molecule has 11 rings (SSSR count). The second-order valence-corrected chi connectivity index (χ2v) is 16.1. The van der Waals surface area contributed by atoms with Gasteiger partial charge in [-0.2, -0.15) is 0 Å². The first kappa shape index (κ1) is 32.0. The molecule has 1 spiro atoms. The van der Waals surface area contributed by atoms with E-state index < -0.39 is 5.41 Å². The fourth-order valence-corrected chi connectivity index (χ4v) is 10.6. The molecule has 0 bridgehead atoms. The Morgan fingerprint density at radius 3 is 1.29 bits per heavy atom. The zero-order valence-corrected chi connectivity index (χ0v) is 31.7. The maximum Gasteiger partial charge on any atom is 0.0726 e. The lowest BCUT2D eigenvalue weighted by Crippen LogP contribution is -2.26. The second-order valence-electron chi connectivity index (χ2n) is 16.1. The van der Waals surface area contributed by atoms with Crippen LogP contribution in [0.1, 0.15) is 58.4 Å². The van der Waals surface area contributed by atoms with E-state index >= 15 is 0 Å². The summed E-state index contributed by atoms with van der Waals surface area (Å²) in [6, 6.07) is 66.3. The van der Waals surface area contributed by atoms with Crippen LogP contribution in [0.2, 0.25) is 0 Å². The summed E-state index contributed by atoms with van der Waals surface area (Å²) in [4.78, 5) is 2.53. The first-order valence-electron chi connectivity index (χ1n) is 19.5. The SMILES string of the molecule is Cc1cccc(C)c1-c1ccccc1N(c1ccc2c(c1)C(C)(C)c1ccccc1-2)c1ccc2c(c1)C1(c3ccccc3-c3ccccc31)c1ccccc1-2. The van der Waals surface area contributed by atoms with E-state index in [-0.39, 0.29) is 5.41 Å². The molecule has 0 atom stereocenters. The standard InChI is InChI=1S/C54H41N/c1-34-16-15-17-35(2)52(34)44-22-9-14-27-51(44)55(36-28-30-42-38-18-5-10-23-45(38)53(3,4)49(42)32-36)37-29-31-43-41-21-8-13-26-48(41)54(50(43)33-37)46-24-11-6-19-39(46)40-20-7-12-25-47(40)54/h5-33H,1-4H3. The minimum atomic E-state index is -0.422. The topological polar surface area (TPSA) is 3.24 Å². The molecule has 0 saturated heterocycles. The zero-order valence-electron chi connectivity index (χ0n) is 31.7. The lowest BCUT2D eigenvalue weighted by molar-refractivity contribution is 0.660. The molecule has 0 aromatic heterocycles. The first-order valence-corrected chi connectivity index (χ1v) is 19.5. The predicted molar refractivity (Wildman–Crippen MR) is 230 cm³/mol. The van der Waals surface area contributed by atoms with E-state index in [9.17, 15) is 0 Å². The molecule has 3 aliphatic rings. The maximum absolute atomic E-state index is 2.53. The number of hydrogen-bond donors (Lipinski definition) is 0. The lowest BCUT2D eigenvalue weighted by atomic mass is 9.70. The van der Waals surface area contributed by atoms with Gasteiger partial charge in [-0.3, -0.25) is 0 Å². The van der Waals surface area contributed by atoms with Crippen LogP contribution in [0.5, 0.6) is 0 Å². The molecule has 0 radical (unpaired) electrons. The third kappa shape index (κ3) is 4.24. The highest BCUT2D eigenvalue weighted by Gasteiger charge is 2.51. The number of fused-ring (bicyclic) bond motifs is 13. The second kappa shape index (κ2) is 11.5. The molecule has 0 N–H and O–H groups in total. The van der Waals surface area contributed by atoms with E-state index in [2.05, 4.69) is 209 Å². The van der Waals surface area contributed by atoms with Crippen molar-refractivity contribution in [2.45, 2.75) is 38.5 Å². The molecule has 0 heterocycles. The Labute approximate surface area is 324 Å². The number of anilines is 3. The molecule has 1 heteroatoms. The van der Waals surface area contributed by atoms with Crippen molar-refractivity contribution in [2.75, 3.05) is 4.90 Å². The summed E-state index contributed by atoms with van der Waals surface area (Å²) < 4.78 is 0. The number of hydrogen-bond acceptors (Lipinski definition) is 1. The molecule has 0 saturated carbocycles. The summed E-state index contributed by atoms with van der Waals surface area (Å²) in [5.41, 5.74) is 24.1. The average Bonchev–Trinajstić information content (AvgIpc) is 3.77. The van der Waals surface area contributed by atoms with Crippen LogP contribution < -0.4 is 4.90 Å². The van der Waals surface area contributed by atoms with Gasteiger partial charge in [-0.1, -0.05) is 159 Å². The van der Waals surface area contributed by atoms with E-state index in [0.717, 1.165) is 11.4 Å². The quantitative estimate of drug-likeness (QED) is 0.176. The summed E-state index contributed by atoms with van der Waals surface area (Å²) in [5.74, 6) is 0. The zero-order chi connectivity index (χ0) is 37.1. The van der Waals surface area contributed by atoms with Gasteiger partial charge in [0.2, 0.25) is 0 Å². The van der Waals surface area contributed by atoms with Crippen molar-refractivity contribution in [3.8, 4) is 44.5 Å². The molecule has 55 heavy (non-hydrogen) atoms. The highest BCUT2D eigenvalue weighted by molar-refractivity contribution is 5.98. The van der Waals surface area contributed by atoms with Crippen LogP contribution in [0.3, 0.4) is 0 Å². The van der Waals surface area contributed by atoms with Crippen LogP contribution >= 0.6 is 0 Å². The summed E-state index contributed by atoms with van der Waals surface area (Å²) in [6.45, 7) is 9.23. The molecule has 0 fully saturated rings. The number of rotatable bonds is 4. The molecule has 0 amide bonds. The van der Waals surface area contributed by atoms with Crippen LogP contribution in [0, 0.1) is 13.8 Å².